The molecule has 0 saturated heterocycles. The van der Waals surface area contributed by atoms with Gasteiger partial charge in [0, 0.05) is 11.1 Å². The Morgan fingerprint density at radius 2 is 1.64 bits per heavy atom. The first kappa shape index (κ1) is 14.2. The third kappa shape index (κ3) is 2.56. The van der Waals surface area contributed by atoms with Gasteiger partial charge in [0.2, 0.25) is 0 Å². The van der Waals surface area contributed by atoms with Crippen molar-refractivity contribution in [3.05, 3.63) is 76.9 Å². The molecule has 4 heteroatoms. The Kier molecular flexibility index (Phi) is 3.85. The van der Waals surface area contributed by atoms with E-state index in [9.17, 15) is 14.7 Å². The number of hydrogen-bond acceptors (Lipinski definition) is 3. The van der Waals surface area contributed by atoms with E-state index < -0.39 is 5.97 Å². The highest BCUT2D eigenvalue weighted by molar-refractivity contribution is 6.26. The van der Waals surface area contributed by atoms with E-state index in [0.717, 1.165) is 5.56 Å². The zero-order chi connectivity index (χ0) is 15.5. The van der Waals surface area contributed by atoms with Gasteiger partial charge < -0.3 is 9.84 Å². The molecule has 1 aliphatic rings. The smallest absolute Gasteiger partial charge is 0.336 e. The molecule has 1 heterocycles. The Hall–Kier alpha value is -2.72. The standard InChI is InChI=1S/C18H14O4/c19-17-14-9-5-4-8-13(14)10-22-11-15(17)16(18(20)21)12-6-2-1-3-7-12/h1-9H,10-11H2,(H,20,21)/b16-15-. The average molecular weight is 294 g/mol. The molecule has 110 valence electrons. The number of ketones is 1. The second-order valence-electron chi connectivity index (χ2n) is 5.00. The van der Waals surface area contributed by atoms with Crippen molar-refractivity contribution in [2.75, 3.05) is 6.61 Å². The number of carbonyl (C=O) groups excluding carboxylic acids is 1. The Labute approximate surface area is 127 Å². The van der Waals surface area contributed by atoms with E-state index in [1.165, 1.54) is 0 Å². The van der Waals surface area contributed by atoms with Gasteiger partial charge in [-0.1, -0.05) is 54.6 Å². The minimum atomic E-state index is -1.13. The second kappa shape index (κ2) is 5.95. The number of carbonyl (C=O) groups is 2. The van der Waals surface area contributed by atoms with Crippen LogP contribution in [-0.2, 0) is 16.1 Å². The molecule has 0 saturated carbocycles. The summed E-state index contributed by atoms with van der Waals surface area (Å²) in [6, 6.07) is 15.8. The Balaban J connectivity index is 2.19. The molecule has 0 aliphatic carbocycles. The lowest BCUT2D eigenvalue weighted by molar-refractivity contribution is -0.130. The molecule has 2 aromatic carbocycles. The minimum absolute atomic E-state index is 0.00213. The molecule has 1 N–H and O–H groups in total. The molecule has 0 fully saturated rings. The largest absolute Gasteiger partial charge is 0.478 e. The summed E-state index contributed by atoms with van der Waals surface area (Å²) in [4.78, 5) is 24.5. The van der Waals surface area contributed by atoms with Crippen LogP contribution in [0.15, 0.2) is 60.2 Å². The quantitative estimate of drug-likeness (QED) is 0.865. The summed E-state index contributed by atoms with van der Waals surface area (Å²) in [6.07, 6.45) is 0. The Bertz CT molecular complexity index is 760. The van der Waals surface area contributed by atoms with Crippen LogP contribution < -0.4 is 0 Å². The topological polar surface area (TPSA) is 63.6 Å². The number of aliphatic carboxylic acids is 1. The number of hydrogen-bond donors (Lipinski definition) is 1. The highest BCUT2D eigenvalue weighted by atomic mass is 16.5. The van der Waals surface area contributed by atoms with Crippen molar-refractivity contribution in [2.24, 2.45) is 0 Å². The first-order chi connectivity index (χ1) is 10.7. The summed E-state index contributed by atoms with van der Waals surface area (Å²) in [7, 11) is 0. The third-order valence-electron chi connectivity index (χ3n) is 3.62. The molecule has 3 rings (SSSR count). The molecule has 0 spiro atoms. The normalized spacial score (nSPS) is 16.6. The maximum atomic E-state index is 12.8. The minimum Gasteiger partial charge on any atom is -0.478 e. The molecule has 0 bridgehead atoms. The average Bonchev–Trinajstić information content (AvgIpc) is 2.69. The number of rotatable bonds is 2. The Morgan fingerprint density at radius 1 is 0.955 bits per heavy atom. The third-order valence-corrected chi connectivity index (χ3v) is 3.62. The van der Waals surface area contributed by atoms with Crippen molar-refractivity contribution in [1.29, 1.82) is 0 Å². The zero-order valence-electron chi connectivity index (χ0n) is 11.8. The molecule has 0 aromatic heterocycles. The van der Waals surface area contributed by atoms with Crippen molar-refractivity contribution in [3.8, 4) is 0 Å². The summed E-state index contributed by atoms with van der Waals surface area (Å²) in [5, 5.41) is 9.57. The number of benzene rings is 2. The first-order valence-corrected chi connectivity index (χ1v) is 6.90. The van der Waals surface area contributed by atoms with E-state index in [4.69, 9.17) is 4.74 Å². The molecular formula is C18H14O4. The lowest BCUT2D eigenvalue weighted by Crippen LogP contribution is -2.14. The van der Waals surface area contributed by atoms with Crippen LogP contribution in [0, 0.1) is 0 Å². The van der Waals surface area contributed by atoms with Crippen LogP contribution in [0.3, 0.4) is 0 Å². The van der Waals surface area contributed by atoms with Gasteiger partial charge in [0.1, 0.15) is 0 Å². The molecule has 0 atom stereocenters. The van der Waals surface area contributed by atoms with Gasteiger partial charge in [-0.3, -0.25) is 4.79 Å². The van der Waals surface area contributed by atoms with Crippen LogP contribution in [0.4, 0.5) is 0 Å². The summed E-state index contributed by atoms with van der Waals surface area (Å²) in [6.45, 7) is 0.289. The van der Waals surface area contributed by atoms with Gasteiger partial charge in [-0.05, 0) is 11.1 Å². The molecular weight excluding hydrogens is 280 g/mol. The van der Waals surface area contributed by atoms with E-state index in [0.29, 0.717) is 17.7 Å². The van der Waals surface area contributed by atoms with Crippen LogP contribution in [0.1, 0.15) is 21.5 Å². The zero-order valence-corrected chi connectivity index (χ0v) is 11.8. The summed E-state index contributed by atoms with van der Waals surface area (Å²) < 4.78 is 5.51. The fraction of sp³-hybridized carbons (Fsp3) is 0.111. The summed E-state index contributed by atoms with van der Waals surface area (Å²) in [5.41, 5.74) is 1.97. The van der Waals surface area contributed by atoms with Crippen LogP contribution in [-0.4, -0.2) is 23.5 Å². The lowest BCUT2D eigenvalue weighted by atomic mass is 9.93. The maximum Gasteiger partial charge on any atom is 0.336 e. The molecule has 2 aromatic rings. The number of fused-ring (bicyclic) bond motifs is 1. The maximum absolute atomic E-state index is 12.8. The summed E-state index contributed by atoms with van der Waals surface area (Å²) >= 11 is 0. The van der Waals surface area contributed by atoms with Crippen molar-refractivity contribution in [3.63, 3.8) is 0 Å². The number of carboxylic acid groups (broad SMARTS) is 1. The molecule has 1 aliphatic heterocycles. The fourth-order valence-electron chi connectivity index (χ4n) is 2.58. The van der Waals surface area contributed by atoms with E-state index in [1.807, 2.05) is 12.1 Å². The van der Waals surface area contributed by atoms with Gasteiger partial charge in [0.25, 0.3) is 0 Å². The highest BCUT2D eigenvalue weighted by Gasteiger charge is 2.26. The SMILES string of the molecule is O=C(O)/C(=C1/COCc2ccccc2C1=O)c1ccccc1. The number of ether oxygens (including phenoxy) is 1. The van der Waals surface area contributed by atoms with E-state index in [1.54, 1.807) is 42.5 Å². The lowest BCUT2D eigenvalue weighted by Gasteiger charge is -2.10. The van der Waals surface area contributed by atoms with Gasteiger partial charge in [-0.25, -0.2) is 4.79 Å². The van der Waals surface area contributed by atoms with Crippen molar-refractivity contribution >= 4 is 17.3 Å². The van der Waals surface area contributed by atoms with Crippen LogP contribution in [0.25, 0.3) is 5.57 Å². The van der Waals surface area contributed by atoms with Crippen LogP contribution in [0.5, 0.6) is 0 Å². The molecule has 4 nitrogen and oxygen atoms in total. The number of carboxylic acids is 1. The molecule has 0 amide bonds. The Morgan fingerprint density at radius 3 is 2.36 bits per heavy atom. The van der Waals surface area contributed by atoms with Gasteiger partial charge >= 0.3 is 5.97 Å². The molecule has 0 radical (unpaired) electrons. The van der Waals surface area contributed by atoms with Crippen LogP contribution in [0.2, 0.25) is 0 Å². The van der Waals surface area contributed by atoms with Crippen molar-refractivity contribution in [2.45, 2.75) is 6.61 Å². The van der Waals surface area contributed by atoms with Gasteiger partial charge in [-0.2, -0.15) is 0 Å². The highest BCUT2D eigenvalue weighted by Crippen LogP contribution is 2.26. The fourth-order valence-corrected chi connectivity index (χ4v) is 2.58. The van der Waals surface area contributed by atoms with Crippen LogP contribution >= 0.6 is 0 Å². The molecule has 0 unspecified atom stereocenters. The van der Waals surface area contributed by atoms with E-state index in [-0.39, 0.29) is 23.5 Å². The first-order valence-electron chi connectivity index (χ1n) is 6.90. The van der Waals surface area contributed by atoms with Gasteiger partial charge in [0.05, 0.1) is 18.8 Å². The monoisotopic (exact) mass is 294 g/mol. The van der Waals surface area contributed by atoms with E-state index >= 15 is 0 Å². The summed E-state index contributed by atoms with van der Waals surface area (Å²) in [5.74, 6) is -1.41. The van der Waals surface area contributed by atoms with E-state index in [2.05, 4.69) is 0 Å². The predicted molar refractivity (Wildman–Crippen MR) is 81.4 cm³/mol. The van der Waals surface area contributed by atoms with Crippen molar-refractivity contribution in [1.82, 2.24) is 0 Å². The second-order valence-corrected chi connectivity index (χ2v) is 5.00. The molecule has 22 heavy (non-hydrogen) atoms. The predicted octanol–water partition coefficient (Wildman–Crippen LogP) is 2.94. The van der Waals surface area contributed by atoms with Gasteiger partial charge in [0.15, 0.2) is 5.78 Å². The van der Waals surface area contributed by atoms with Gasteiger partial charge in [-0.15, -0.1) is 0 Å². The number of Topliss-reactive ketones (excluding diaryl/α,β-unsaturated/α-hetero) is 1. The van der Waals surface area contributed by atoms with Crippen molar-refractivity contribution < 1.29 is 19.4 Å².